The predicted molar refractivity (Wildman–Crippen MR) is 77.0 cm³/mol. The molecule has 0 radical (unpaired) electrons. The van der Waals surface area contributed by atoms with E-state index < -0.39 is 5.69 Å². The number of hydrogen-bond acceptors (Lipinski definition) is 5. The van der Waals surface area contributed by atoms with Gasteiger partial charge in [-0.15, -0.1) is 0 Å². The van der Waals surface area contributed by atoms with Crippen molar-refractivity contribution in [1.29, 1.82) is 0 Å². The van der Waals surface area contributed by atoms with Crippen LogP contribution < -0.4 is 0 Å². The lowest BCUT2D eigenvalue weighted by molar-refractivity contribution is 0.502. The molecule has 0 spiro atoms. The van der Waals surface area contributed by atoms with E-state index in [4.69, 9.17) is 22.0 Å². The van der Waals surface area contributed by atoms with E-state index in [1.165, 1.54) is 23.9 Å². The SMILES string of the molecule is CCSN(SCC)C(=S)SP(O)(O)=S. The number of nitrogens with zero attached hydrogens (tertiary/aromatic N) is 1. The highest BCUT2D eigenvalue weighted by Gasteiger charge is 2.18. The molecule has 0 saturated carbocycles. The summed E-state index contributed by atoms with van der Waals surface area (Å²) in [5.41, 5.74) is -3.28. The van der Waals surface area contributed by atoms with Gasteiger partial charge in [-0.05, 0) is 47.1 Å². The first-order chi connectivity index (χ1) is 6.40. The molecular formula is C5H12NO2PS5. The van der Waals surface area contributed by atoms with E-state index in [2.05, 4.69) is 11.8 Å². The second kappa shape index (κ2) is 7.73. The largest absolute Gasteiger partial charge is 0.337 e. The summed E-state index contributed by atoms with van der Waals surface area (Å²) >= 11 is 13.4. The summed E-state index contributed by atoms with van der Waals surface area (Å²) in [6.07, 6.45) is 0. The Morgan fingerprint density at radius 1 is 1.29 bits per heavy atom. The maximum absolute atomic E-state index is 9.09. The van der Waals surface area contributed by atoms with Gasteiger partial charge >= 0.3 is 0 Å². The zero-order chi connectivity index (χ0) is 11.2. The minimum absolute atomic E-state index is 0.428. The quantitative estimate of drug-likeness (QED) is 0.457. The minimum Gasteiger partial charge on any atom is -0.337 e. The molecule has 0 bridgehead atoms. The molecule has 0 saturated heterocycles. The molecule has 0 heterocycles. The number of thiocarbonyl (C=S) groups is 1. The molecule has 0 amide bonds. The van der Waals surface area contributed by atoms with Crippen LogP contribution in [0.5, 0.6) is 0 Å². The zero-order valence-corrected chi connectivity index (χ0v) is 12.7. The van der Waals surface area contributed by atoms with E-state index in [1.54, 1.807) is 3.71 Å². The monoisotopic (exact) mass is 309 g/mol. The van der Waals surface area contributed by atoms with Crippen LogP contribution in [0.2, 0.25) is 0 Å². The Balaban J connectivity index is 4.21. The zero-order valence-electron chi connectivity index (χ0n) is 7.74. The Labute approximate surface area is 108 Å². The molecular weight excluding hydrogens is 297 g/mol. The van der Waals surface area contributed by atoms with Gasteiger partial charge in [0.2, 0.25) is 5.69 Å². The van der Waals surface area contributed by atoms with Gasteiger partial charge in [-0.3, -0.25) is 0 Å². The maximum atomic E-state index is 9.09. The van der Waals surface area contributed by atoms with Gasteiger partial charge in [-0.1, -0.05) is 26.1 Å². The van der Waals surface area contributed by atoms with E-state index in [1.807, 2.05) is 13.8 Å². The van der Waals surface area contributed by atoms with Gasteiger partial charge in [0, 0.05) is 11.5 Å². The van der Waals surface area contributed by atoms with Gasteiger partial charge in [0.25, 0.3) is 0 Å². The Bertz CT molecular complexity index is 226. The third kappa shape index (κ3) is 7.76. The van der Waals surface area contributed by atoms with Gasteiger partial charge in [-0.25, -0.2) is 3.71 Å². The lowest BCUT2D eigenvalue weighted by Crippen LogP contribution is -2.12. The average molecular weight is 309 g/mol. The number of hydrogen-bond donors (Lipinski definition) is 2. The average Bonchev–Trinajstić information content (AvgIpc) is 2.01. The highest BCUT2D eigenvalue weighted by Crippen LogP contribution is 2.53. The lowest BCUT2D eigenvalue weighted by Gasteiger charge is -2.21. The van der Waals surface area contributed by atoms with Crippen LogP contribution in [0.3, 0.4) is 0 Å². The van der Waals surface area contributed by atoms with Gasteiger partial charge in [0.05, 0.1) is 0 Å². The van der Waals surface area contributed by atoms with Crippen molar-refractivity contribution in [3.63, 3.8) is 0 Å². The van der Waals surface area contributed by atoms with Crippen molar-refractivity contribution in [3.05, 3.63) is 0 Å². The van der Waals surface area contributed by atoms with E-state index in [9.17, 15) is 0 Å². The van der Waals surface area contributed by atoms with Crippen LogP contribution in [0.15, 0.2) is 0 Å². The minimum atomic E-state index is -3.28. The molecule has 0 fully saturated rings. The van der Waals surface area contributed by atoms with Crippen molar-refractivity contribution in [2.24, 2.45) is 0 Å². The van der Waals surface area contributed by atoms with Gasteiger partial charge in [0.15, 0.2) is 4.32 Å². The Hall–Kier alpha value is 1.51. The van der Waals surface area contributed by atoms with Gasteiger partial charge < -0.3 is 9.79 Å². The van der Waals surface area contributed by atoms with Crippen molar-refractivity contribution in [2.45, 2.75) is 13.8 Å². The summed E-state index contributed by atoms with van der Waals surface area (Å²) < 4.78 is 2.23. The standard InChI is InChI=1S/C5H12NO2PS5/c1-3-12-6(13-4-2)5(10)14-9(7,8)11/h3-4H2,1-2H3,(H2,7,8,11). The molecule has 0 aromatic rings. The highest BCUT2D eigenvalue weighted by atomic mass is 32.9. The van der Waals surface area contributed by atoms with Crippen LogP contribution in [0.1, 0.15) is 13.8 Å². The van der Waals surface area contributed by atoms with Crippen molar-refractivity contribution in [1.82, 2.24) is 3.71 Å². The van der Waals surface area contributed by atoms with Crippen molar-refractivity contribution < 1.29 is 9.79 Å². The third-order valence-corrected chi connectivity index (χ3v) is 6.57. The van der Waals surface area contributed by atoms with E-state index in [0.717, 1.165) is 22.9 Å². The first-order valence-electron chi connectivity index (χ1n) is 3.75. The summed E-state index contributed by atoms with van der Waals surface area (Å²) in [6.45, 7) is 4.02. The first-order valence-corrected chi connectivity index (χ1v) is 10.2. The second-order valence-electron chi connectivity index (χ2n) is 1.94. The normalized spacial score (nSPS) is 11.4. The molecule has 0 aromatic carbocycles. The number of rotatable bonds is 5. The topological polar surface area (TPSA) is 43.7 Å². The van der Waals surface area contributed by atoms with Crippen LogP contribution in [0.25, 0.3) is 0 Å². The Kier molecular flexibility index (Phi) is 8.56. The Morgan fingerprint density at radius 2 is 1.71 bits per heavy atom. The van der Waals surface area contributed by atoms with Crippen molar-refractivity contribution >= 4 is 69.3 Å². The lowest BCUT2D eigenvalue weighted by atomic mass is 11.0. The summed E-state index contributed by atoms with van der Waals surface area (Å²) in [5.74, 6) is 1.76. The summed E-state index contributed by atoms with van der Waals surface area (Å²) in [5, 5.41) is 0. The first kappa shape index (κ1) is 15.5. The summed E-state index contributed by atoms with van der Waals surface area (Å²) in [7, 11) is 0. The fraction of sp³-hybridized carbons (Fsp3) is 0.800. The molecule has 0 aliphatic rings. The second-order valence-corrected chi connectivity index (χ2v) is 11.1. The van der Waals surface area contributed by atoms with Gasteiger partial charge in [-0.2, -0.15) is 0 Å². The molecule has 84 valence electrons. The molecule has 0 rings (SSSR count). The molecule has 0 aliphatic carbocycles. The van der Waals surface area contributed by atoms with E-state index in [-0.39, 0.29) is 0 Å². The summed E-state index contributed by atoms with van der Waals surface area (Å²) in [4.78, 5) is 18.2. The van der Waals surface area contributed by atoms with Crippen molar-refractivity contribution in [3.8, 4) is 0 Å². The molecule has 0 atom stereocenters. The Morgan fingerprint density at radius 3 is 2.00 bits per heavy atom. The highest BCUT2D eigenvalue weighted by molar-refractivity contribution is 8.74. The fourth-order valence-corrected chi connectivity index (χ4v) is 6.43. The van der Waals surface area contributed by atoms with E-state index in [0.29, 0.717) is 4.32 Å². The predicted octanol–water partition coefficient (Wildman–Crippen LogP) is 2.85. The van der Waals surface area contributed by atoms with Crippen LogP contribution in [-0.2, 0) is 11.8 Å². The molecule has 14 heavy (non-hydrogen) atoms. The molecule has 0 unspecified atom stereocenters. The molecule has 9 heteroatoms. The molecule has 2 N–H and O–H groups in total. The molecule has 0 aromatic heterocycles. The maximum Gasteiger partial charge on any atom is 0.249 e. The smallest absolute Gasteiger partial charge is 0.249 e. The van der Waals surface area contributed by atoms with Crippen molar-refractivity contribution in [2.75, 3.05) is 11.5 Å². The third-order valence-electron chi connectivity index (χ3n) is 0.839. The fourth-order valence-electron chi connectivity index (χ4n) is 0.512. The van der Waals surface area contributed by atoms with Crippen LogP contribution >= 0.6 is 53.2 Å². The van der Waals surface area contributed by atoms with Crippen LogP contribution in [0, 0.1) is 0 Å². The molecule has 0 aliphatic heterocycles. The van der Waals surface area contributed by atoms with Crippen LogP contribution in [-0.4, -0.2) is 29.3 Å². The summed E-state index contributed by atoms with van der Waals surface area (Å²) in [6, 6.07) is 0. The van der Waals surface area contributed by atoms with E-state index >= 15 is 0 Å². The van der Waals surface area contributed by atoms with Crippen LogP contribution in [0.4, 0.5) is 0 Å². The molecule has 3 nitrogen and oxygen atoms in total. The van der Waals surface area contributed by atoms with Gasteiger partial charge in [0.1, 0.15) is 0 Å².